The quantitative estimate of drug-likeness (QED) is 0.401. The highest BCUT2D eigenvalue weighted by molar-refractivity contribution is 7.07. The van der Waals surface area contributed by atoms with Crippen molar-refractivity contribution in [2.24, 2.45) is 4.99 Å². The zero-order chi connectivity index (χ0) is 25.5. The lowest BCUT2D eigenvalue weighted by Gasteiger charge is -2.30. The molecule has 3 aromatic carbocycles. The van der Waals surface area contributed by atoms with Gasteiger partial charge in [-0.15, -0.1) is 0 Å². The molecule has 2 aliphatic rings. The van der Waals surface area contributed by atoms with E-state index in [-0.39, 0.29) is 11.6 Å². The molecule has 1 aliphatic carbocycles. The van der Waals surface area contributed by atoms with Crippen LogP contribution in [-0.4, -0.2) is 25.9 Å². The second-order valence-corrected chi connectivity index (χ2v) is 9.99. The molecule has 37 heavy (non-hydrogen) atoms. The Morgan fingerprint density at radius 1 is 0.919 bits per heavy atom. The summed E-state index contributed by atoms with van der Waals surface area (Å²) in [6, 6.07) is 22.2. The van der Waals surface area contributed by atoms with Gasteiger partial charge in [0.25, 0.3) is 5.56 Å². The predicted molar refractivity (Wildman–Crippen MR) is 145 cm³/mol. The van der Waals surface area contributed by atoms with E-state index in [2.05, 4.69) is 36.4 Å². The fourth-order valence-electron chi connectivity index (χ4n) is 5.29. The third-order valence-electron chi connectivity index (χ3n) is 6.97. The van der Waals surface area contributed by atoms with Crippen molar-refractivity contribution in [1.82, 2.24) is 4.57 Å². The summed E-state index contributed by atoms with van der Waals surface area (Å²) in [4.78, 5) is 19.7. The molecule has 0 radical (unpaired) electrons. The van der Waals surface area contributed by atoms with E-state index < -0.39 is 0 Å². The van der Waals surface area contributed by atoms with Crippen LogP contribution in [0.5, 0.6) is 17.2 Å². The number of nitrogens with zero attached hydrogens (tertiary/aromatic N) is 2. The third-order valence-corrected chi connectivity index (χ3v) is 7.96. The van der Waals surface area contributed by atoms with Crippen LogP contribution >= 0.6 is 11.3 Å². The molecule has 0 saturated carbocycles. The first-order chi connectivity index (χ1) is 18.1. The molecule has 0 fully saturated rings. The molecule has 0 N–H and O–H groups in total. The summed E-state index contributed by atoms with van der Waals surface area (Å²) in [5, 5.41) is 0. The molecule has 1 aromatic heterocycles. The molecule has 6 nitrogen and oxygen atoms in total. The van der Waals surface area contributed by atoms with Gasteiger partial charge in [0.1, 0.15) is 0 Å². The third kappa shape index (κ3) is 3.86. The van der Waals surface area contributed by atoms with E-state index >= 15 is 0 Å². The number of hydrogen-bond donors (Lipinski definition) is 0. The van der Waals surface area contributed by atoms with Crippen LogP contribution < -0.4 is 29.1 Å². The lowest BCUT2D eigenvalue weighted by Crippen LogP contribution is -2.38. The number of methoxy groups -OCH3 is 3. The molecule has 4 aromatic rings. The van der Waals surface area contributed by atoms with Gasteiger partial charge in [0.05, 0.1) is 37.6 Å². The van der Waals surface area contributed by atoms with E-state index in [0.717, 1.165) is 35.2 Å². The molecule has 0 unspecified atom stereocenters. The lowest BCUT2D eigenvalue weighted by atomic mass is 9.83. The number of thiazole rings is 1. The molecule has 1 atom stereocenters. The van der Waals surface area contributed by atoms with E-state index in [9.17, 15) is 4.79 Å². The van der Waals surface area contributed by atoms with E-state index in [0.29, 0.717) is 26.6 Å². The van der Waals surface area contributed by atoms with Gasteiger partial charge in [-0.05, 0) is 53.3 Å². The lowest BCUT2D eigenvalue weighted by molar-refractivity contribution is 0.324. The smallest absolute Gasteiger partial charge is 0.271 e. The standard InChI is InChI=1S/C30H26N2O4S/c1-34-23-15-18(16-24(35-2)28(23)36-3)17-25-29(33)32-27(20-10-5-4-6-11-20)22-14-13-19-9-7-8-12-21(19)26(22)31-30(32)37-25/h4-12,15-17,27H,13-14H2,1-3H3/t27-/m1/s1. The van der Waals surface area contributed by atoms with Crippen molar-refractivity contribution in [3.8, 4) is 17.2 Å². The van der Waals surface area contributed by atoms with E-state index in [1.807, 2.05) is 41.0 Å². The second-order valence-electron chi connectivity index (χ2n) is 8.98. The fraction of sp³-hybridized carbons (Fsp3) is 0.200. The zero-order valence-corrected chi connectivity index (χ0v) is 21.7. The Kier molecular flexibility index (Phi) is 5.93. The number of benzene rings is 3. The molecule has 186 valence electrons. The Bertz CT molecular complexity index is 1690. The van der Waals surface area contributed by atoms with E-state index in [1.54, 1.807) is 21.3 Å². The predicted octanol–water partition coefficient (Wildman–Crippen LogP) is 4.34. The van der Waals surface area contributed by atoms with Gasteiger partial charge in [-0.2, -0.15) is 0 Å². The first kappa shape index (κ1) is 23.3. The van der Waals surface area contributed by atoms with Crippen LogP contribution in [0.2, 0.25) is 0 Å². The van der Waals surface area contributed by atoms with Gasteiger partial charge in [0, 0.05) is 5.56 Å². The highest BCUT2D eigenvalue weighted by Crippen LogP contribution is 2.41. The first-order valence-corrected chi connectivity index (χ1v) is 12.9. The average molecular weight is 511 g/mol. The summed E-state index contributed by atoms with van der Waals surface area (Å²) >= 11 is 1.40. The van der Waals surface area contributed by atoms with E-state index in [4.69, 9.17) is 19.2 Å². The zero-order valence-electron chi connectivity index (χ0n) is 20.9. The molecule has 0 amide bonds. The number of aryl methyl sites for hydroxylation is 1. The Balaban J connectivity index is 1.59. The maximum atomic E-state index is 13.9. The van der Waals surface area contributed by atoms with Crippen molar-refractivity contribution in [2.75, 3.05) is 21.3 Å². The number of allylic oxidation sites excluding steroid dienone is 1. The summed E-state index contributed by atoms with van der Waals surface area (Å²) in [6.45, 7) is 0. The molecule has 6 rings (SSSR count). The number of ether oxygens (including phenoxy) is 3. The number of hydrogen-bond acceptors (Lipinski definition) is 6. The highest BCUT2D eigenvalue weighted by Gasteiger charge is 2.32. The van der Waals surface area contributed by atoms with Gasteiger partial charge < -0.3 is 14.2 Å². The minimum absolute atomic E-state index is 0.0586. The Hall–Kier alpha value is -4.10. The molecule has 0 saturated heterocycles. The van der Waals surface area contributed by atoms with Crippen molar-refractivity contribution in [3.05, 3.63) is 114 Å². The molecule has 7 heteroatoms. The number of fused-ring (bicyclic) bond motifs is 3. The van der Waals surface area contributed by atoms with Crippen molar-refractivity contribution in [3.63, 3.8) is 0 Å². The summed E-state index contributed by atoms with van der Waals surface area (Å²) in [7, 11) is 4.73. The minimum Gasteiger partial charge on any atom is -0.493 e. The van der Waals surface area contributed by atoms with Crippen LogP contribution in [-0.2, 0) is 6.42 Å². The van der Waals surface area contributed by atoms with Gasteiger partial charge in [-0.3, -0.25) is 9.36 Å². The molecule has 0 spiro atoms. The van der Waals surface area contributed by atoms with Crippen LogP contribution in [0.3, 0.4) is 0 Å². The summed E-state index contributed by atoms with van der Waals surface area (Å²) in [6.07, 6.45) is 3.67. The molecular weight excluding hydrogens is 484 g/mol. The first-order valence-electron chi connectivity index (χ1n) is 12.1. The Morgan fingerprint density at radius 3 is 2.32 bits per heavy atom. The van der Waals surface area contributed by atoms with Crippen LogP contribution in [0.25, 0.3) is 11.8 Å². The minimum atomic E-state index is -0.192. The summed E-state index contributed by atoms with van der Waals surface area (Å²) < 4.78 is 18.9. The maximum Gasteiger partial charge on any atom is 0.271 e. The summed E-state index contributed by atoms with van der Waals surface area (Å²) in [5.74, 6) is 1.59. The fourth-order valence-corrected chi connectivity index (χ4v) is 6.29. The van der Waals surface area contributed by atoms with Crippen LogP contribution in [0.4, 0.5) is 0 Å². The molecule has 2 heterocycles. The number of aromatic nitrogens is 1. The Morgan fingerprint density at radius 2 is 1.62 bits per heavy atom. The molecule has 0 bridgehead atoms. The van der Waals surface area contributed by atoms with Gasteiger partial charge in [-0.1, -0.05) is 65.9 Å². The number of rotatable bonds is 5. The van der Waals surface area contributed by atoms with Gasteiger partial charge in [0.15, 0.2) is 16.3 Å². The second kappa shape index (κ2) is 9.41. The normalized spacial score (nSPS) is 16.4. The van der Waals surface area contributed by atoms with Gasteiger partial charge in [0.2, 0.25) is 5.75 Å². The van der Waals surface area contributed by atoms with Crippen molar-refractivity contribution in [1.29, 1.82) is 0 Å². The van der Waals surface area contributed by atoms with Crippen LogP contribution in [0.15, 0.2) is 82.1 Å². The van der Waals surface area contributed by atoms with Crippen LogP contribution in [0, 0.1) is 0 Å². The largest absolute Gasteiger partial charge is 0.493 e. The van der Waals surface area contributed by atoms with Gasteiger partial charge in [-0.25, -0.2) is 4.99 Å². The Labute approximate surface area is 218 Å². The summed E-state index contributed by atoms with van der Waals surface area (Å²) in [5.41, 5.74) is 6.46. The van der Waals surface area contributed by atoms with Crippen molar-refractivity contribution < 1.29 is 14.2 Å². The van der Waals surface area contributed by atoms with Gasteiger partial charge >= 0.3 is 0 Å². The van der Waals surface area contributed by atoms with Crippen molar-refractivity contribution >= 4 is 23.1 Å². The SMILES string of the molecule is COc1cc(C=c2sc3n(c2=O)[C@H](c2ccccc2)C2=C(N=3)c3ccccc3CC2)cc(OC)c1OC. The maximum absolute atomic E-state index is 13.9. The van der Waals surface area contributed by atoms with Crippen LogP contribution in [0.1, 0.15) is 34.7 Å². The molecular formula is C30H26N2O4S. The highest BCUT2D eigenvalue weighted by atomic mass is 32.1. The monoisotopic (exact) mass is 510 g/mol. The van der Waals surface area contributed by atoms with E-state index in [1.165, 1.54) is 22.5 Å². The van der Waals surface area contributed by atoms with Crippen molar-refractivity contribution in [2.45, 2.75) is 18.9 Å². The topological polar surface area (TPSA) is 62.1 Å². The average Bonchev–Trinajstić information content (AvgIpc) is 3.25. The molecule has 1 aliphatic heterocycles.